The van der Waals surface area contributed by atoms with Gasteiger partial charge in [0.1, 0.15) is 0 Å². The molecule has 0 heteroatoms. The molecule has 0 amide bonds. The molecule has 194 valence electrons. The molecular formula is C42H26. The van der Waals surface area contributed by atoms with Crippen LogP contribution in [0.2, 0.25) is 0 Å². The molecule has 0 bridgehead atoms. The molecule has 0 spiro atoms. The molecule has 0 aliphatic carbocycles. The van der Waals surface area contributed by atoms with Crippen molar-refractivity contribution in [2.75, 3.05) is 0 Å². The smallest absolute Gasteiger partial charge is 0.00261 e. The first-order chi connectivity index (χ1) is 20.8. The second-order valence-corrected chi connectivity index (χ2v) is 11.3. The van der Waals surface area contributed by atoms with E-state index in [0.717, 1.165) is 0 Å². The summed E-state index contributed by atoms with van der Waals surface area (Å²) in [6, 6.07) is 58.1. The summed E-state index contributed by atoms with van der Waals surface area (Å²) >= 11 is 0. The third-order valence-electron chi connectivity index (χ3n) is 9.00. The monoisotopic (exact) mass is 530 g/mol. The van der Waals surface area contributed by atoms with Gasteiger partial charge in [0.15, 0.2) is 0 Å². The van der Waals surface area contributed by atoms with Crippen LogP contribution in [0.15, 0.2) is 158 Å². The molecule has 0 nitrogen and oxygen atoms in total. The summed E-state index contributed by atoms with van der Waals surface area (Å²) < 4.78 is 0. The third-order valence-corrected chi connectivity index (χ3v) is 9.00. The third kappa shape index (κ3) is 3.36. The first-order valence-electron chi connectivity index (χ1n) is 14.6. The quantitative estimate of drug-likeness (QED) is 0.154. The minimum atomic E-state index is 1.25. The van der Waals surface area contributed by atoms with Crippen molar-refractivity contribution in [3.63, 3.8) is 0 Å². The van der Waals surface area contributed by atoms with E-state index in [1.165, 1.54) is 86.9 Å². The van der Waals surface area contributed by atoms with Gasteiger partial charge in [0.25, 0.3) is 0 Å². The van der Waals surface area contributed by atoms with Crippen molar-refractivity contribution in [1.82, 2.24) is 0 Å². The van der Waals surface area contributed by atoms with Crippen molar-refractivity contribution in [3.05, 3.63) is 158 Å². The van der Waals surface area contributed by atoms with Crippen LogP contribution < -0.4 is 0 Å². The molecule has 0 heterocycles. The number of rotatable bonds is 2. The van der Waals surface area contributed by atoms with Crippen LogP contribution in [0, 0.1) is 0 Å². The lowest BCUT2D eigenvalue weighted by Gasteiger charge is -2.19. The minimum absolute atomic E-state index is 1.25. The van der Waals surface area contributed by atoms with Crippen LogP contribution >= 0.6 is 0 Å². The van der Waals surface area contributed by atoms with Crippen LogP contribution in [0.3, 0.4) is 0 Å². The molecule has 0 saturated heterocycles. The predicted octanol–water partition coefficient (Wildman–Crippen LogP) is 11.9. The first kappa shape index (κ1) is 23.3. The number of benzene rings is 9. The Balaban J connectivity index is 1.40. The van der Waals surface area contributed by atoms with Gasteiger partial charge in [0.2, 0.25) is 0 Å². The second-order valence-electron chi connectivity index (χ2n) is 11.3. The predicted molar refractivity (Wildman–Crippen MR) is 182 cm³/mol. The van der Waals surface area contributed by atoms with E-state index in [2.05, 4.69) is 158 Å². The van der Waals surface area contributed by atoms with Crippen LogP contribution in [0.4, 0.5) is 0 Å². The van der Waals surface area contributed by atoms with Gasteiger partial charge < -0.3 is 0 Å². The second kappa shape index (κ2) is 9.03. The largest absolute Gasteiger partial charge is 0.0616 e. The fourth-order valence-electron chi connectivity index (χ4n) is 7.16. The summed E-state index contributed by atoms with van der Waals surface area (Å²) in [5.41, 5.74) is 5.10. The van der Waals surface area contributed by atoms with Gasteiger partial charge in [-0.1, -0.05) is 146 Å². The van der Waals surface area contributed by atoms with Crippen LogP contribution in [-0.4, -0.2) is 0 Å². The van der Waals surface area contributed by atoms with Crippen molar-refractivity contribution in [3.8, 4) is 22.3 Å². The van der Waals surface area contributed by atoms with Crippen LogP contribution in [0.1, 0.15) is 0 Å². The normalized spacial score (nSPS) is 11.8. The summed E-state index contributed by atoms with van der Waals surface area (Å²) in [6.45, 7) is 0. The standard InChI is InChI=1S/C42H26/c1-2-12-28-25-29(22-21-27(28)11-1)41-36-17-7-9-19-38(36)42(39-20-10-8-18-37(39)41)30-23-24-35-33-15-4-3-13-31(33)32-14-5-6-16-34(32)40(35)26-30/h1-26H. The average Bonchev–Trinajstić information content (AvgIpc) is 3.07. The maximum Gasteiger partial charge on any atom is -0.00261 e. The van der Waals surface area contributed by atoms with Gasteiger partial charge in [-0.3, -0.25) is 0 Å². The zero-order chi connectivity index (χ0) is 27.6. The van der Waals surface area contributed by atoms with Crippen molar-refractivity contribution < 1.29 is 0 Å². The zero-order valence-corrected chi connectivity index (χ0v) is 23.0. The Kier molecular flexibility index (Phi) is 5.00. The van der Waals surface area contributed by atoms with E-state index >= 15 is 0 Å². The van der Waals surface area contributed by atoms with Gasteiger partial charge in [-0.15, -0.1) is 0 Å². The number of fused-ring (bicyclic) bond motifs is 9. The highest BCUT2D eigenvalue weighted by Gasteiger charge is 2.18. The molecule has 0 fully saturated rings. The number of hydrogen-bond donors (Lipinski definition) is 0. The van der Waals surface area contributed by atoms with Gasteiger partial charge in [-0.05, 0) is 99.0 Å². The minimum Gasteiger partial charge on any atom is -0.0616 e. The lowest BCUT2D eigenvalue weighted by atomic mass is 9.84. The molecule has 9 rings (SSSR count). The molecular weight excluding hydrogens is 504 g/mol. The van der Waals surface area contributed by atoms with Gasteiger partial charge >= 0.3 is 0 Å². The van der Waals surface area contributed by atoms with Gasteiger partial charge in [-0.2, -0.15) is 0 Å². The lowest BCUT2D eigenvalue weighted by molar-refractivity contribution is 1.68. The zero-order valence-electron chi connectivity index (χ0n) is 23.0. The van der Waals surface area contributed by atoms with Crippen molar-refractivity contribution in [2.24, 2.45) is 0 Å². The maximum atomic E-state index is 2.42. The average molecular weight is 531 g/mol. The Morgan fingerprint density at radius 3 is 1.10 bits per heavy atom. The van der Waals surface area contributed by atoms with E-state index in [1.807, 2.05) is 0 Å². The molecule has 0 aromatic heterocycles. The molecule has 0 saturated carbocycles. The summed E-state index contributed by atoms with van der Waals surface area (Å²) in [6.07, 6.45) is 0. The molecule has 9 aromatic rings. The van der Waals surface area contributed by atoms with Gasteiger partial charge in [-0.25, -0.2) is 0 Å². The van der Waals surface area contributed by atoms with E-state index in [-0.39, 0.29) is 0 Å². The van der Waals surface area contributed by atoms with Crippen LogP contribution in [0.5, 0.6) is 0 Å². The highest BCUT2D eigenvalue weighted by molar-refractivity contribution is 6.27. The lowest BCUT2D eigenvalue weighted by Crippen LogP contribution is -1.91. The highest BCUT2D eigenvalue weighted by atomic mass is 14.2. The number of hydrogen-bond acceptors (Lipinski definition) is 0. The fraction of sp³-hybridized carbons (Fsp3) is 0. The summed E-state index contributed by atoms with van der Waals surface area (Å²) in [4.78, 5) is 0. The van der Waals surface area contributed by atoms with Crippen molar-refractivity contribution >= 4 is 64.6 Å². The first-order valence-corrected chi connectivity index (χ1v) is 14.6. The van der Waals surface area contributed by atoms with Crippen molar-refractivity contribution in [2.45, 2.75) is 0 Å². The Hall–Kier alpha value is -5.46. The summed E-state index contributed by atoms with van der Waals surface area (Å²) in [5, 5.41) is 15.5. The van der Waals surface area contributed by atoms with E-state index in [0.29, 0.717) is 0 Å². The summed E-state index contributed by atoms with van der Waals surface area (Å²) in [5.74, 6) is 0. The summed E-state index contributed by atoms with van der Waals surface area (Å²) in [7, 11) is 0. The van der Waals surface area contributed by atoms with E-state index in [4.69, 9.17) is 0 Å². The topological polar surface area (TPSA) is 0 Å². The van der Waals surface area contributed by atoms with E-state index in [1.54, 1.807) is 0 Å². The fourth-order valence-corrected chi connectivity index (χ4v) is 7.16. The van der Waals surface area contributed by atoms with Crippen molar-refractivity contribution in [1.29, 1.82) is 0 Å². The Labute approximate surface area is 244 Å². The molecule has 9 aromatic carbocycles. The van der Waals surface area contributed by atoms with E-state index in [9.17, 15) is 0 Å². The molecule has 42 heavy (non-hydrogen) atoms. The Bertz CT molecular complexity index is 2420. The SMILES string of the molecule is c1ccc2cc(-c3c4ccccc4c(-c4ccc5c6ccccc6c6ccccc6c5c4)c4ccccc34)ccc2c1. The molecule has 0 atom stereocenters. The molecule has 0 unspecified atom stereocenters. The molecule has 0 aliphatic heterocycles. The highest BCUT2D eigenvalue weighted by Crippen LogP contribution is 2.45. The molecule has 0 radical (unpaired) electrons. The Morgan fingerprint density at radius 2 is 0.571 bits per heavy atom. The maximum absolute atomic E-state index is 2.42. The Morgan fingerprint density at radius 1 is 0.214 bits per heavy atom. The van der Waals surface area contributed by atoms with Gasteiger partial charge in [0.05, 0.1) is 0 Å². The van der Waals surface area contributed by atoms with Gasteiger partial charge in [0, 0.05) is 0 Å². The molecule has 0 N–H and O–H groups in total. The molecule has 0 aliphatic rings. The van der Waals surface area contributed by atoms with Crippen LogP contribution in [0.25, 0.3) is 86.9 Å². The van der Waals surface area contributed by atoms with Crippen LogP contribution in [-0.2, 0) is 0 Å². The van der Waals surface area contributed by atoms with E-state index < -0.39 is 0 Å².